The monoisotopic (exact) mass is 382 g/mol. The molecule has 2 saturated heterocycles. The molecule has 148 valence electrons. The van der Waals surface area contributed by atoms with Crippen molar-refractivity contribution in [3.63, 3.8) is 0 Å². The Morgan fingerprint density at radius 2 is 2.04 bits per heavy atom. The van der Waals surface area contributed by atoms with Gasteiger partial charge in [0.15, 0.2) is 0 Å². The van der Waals surface area contributed by atoms with E-state index in [0.29, 0.717) is 13.0 Å². The summed E-state index contributed by atoms with van der Waals surface area (Å²) in [7, 11) is 0. The molecule has 7 heteroatoms. The number of rotatable bonds is 4. The first-order chi connectivity index (χ1) is 13.5. The Bertz CT molecular complexity index is 856. The summed E-state index contributed by atoms with van der Waals surface area (Å²) in [4.78, 5) is 27.5. The minimum absolute atomic E-state index is 0.00536. The van der Waals surface area contributed by atoms with Crippen LogP contribution >= 0.6 is 0 Å². The van der Waals surface area contributed by atoms with Crippen molar-refractivity contribution in [1.82, 2.24) is 19.6 Å². The lowest BCUT2D eigenvalue weighted by molar-refractivity contribution is -0.142. The SMILES string of the molecule is CC(=O)N1CCC2(CC1)C[C@@H](C(=O)O)N(Cc1cccc(-n3cccn3)c1)C2. The van der Waals surface area contributed by atoms with Gasteiger partial charge in [-0.25, -0.2) is 4.68 Å². The van der Waals surface area contributed by atoms with Gasteiger partial charge in [-0.05, 0) is 48.4 Å². The molecular formula is C21H26N4O3. The van der Waals surface area contributed by atoms with Crippen LogP contribution in [0.1, 0.15) is 31.7 Å². The van der Waals surface area contributed by atoms with Crippen LogP contribution in [0.2, 0.25) is 0 Å². The number of hydrogen-bond acceptors (Lipinski definition) is 4. The largest absolute Gasteiger partial charge is 0.480 e. The van der Waals surface area contributed by atoms with Crippen molar-refractivity contribution in [1.29, 1.82) is 0 Å². The molecule has 1 atom stereocenters. The number of nitrogens with zero attached hydrogens (tertiary/aromatic N) is 4. The number of likely N-dealkylation sites (tertiary alicyclic amines) is 2. The van der Waals surface area contributed by atoms with E-state index in [0.717, 1.165) is 43.7 Å². The highest BCUT2D eigenvalue weighted by Crippen LogP contribution is 2.44. The van der Waals surface area contributed by atoms with Gasteiger partial charge in [-0.15, -0.1) is 0 Å². The van der Waals surface area contributed by atoms with Crippen LogP contribution in [0.5, 0.6) is 0 Å². The maximum Gasteiger partial charge on any atom is 0.320 e. The van der Waals surface area contributed by atoms with E-state index in [1.165, 1.54) is 0 Å². The Morgan fingerprint density at radius 3 is 2.68 bits per heavy atom. The van der Waals surface area contributed by atoms with E-state index in [1.807, 2.05) is 35.4 Å². The second-order valence-electron chi connectivity index (χ2n) is 8.09. The minimum Gasteiger partial charge on any atom is -0.480 e. The van der Waals surface area contributed by atoms with E-state index >= 15 is 0 Å². The predicted molar refractivity (Wildman–Crippen MR) is 104 cm³/mol. The van der Waals surface area contributed by atoms with E-state index in [2.05, 4.69) is 16.1 Å². The van der Waals surface area contributed by atoms with Crippen LogP contribution in [0, 0.1) is 5.41 Å². The quantitative estimate of drug-likeness (QED) is 0.877. The molecule has 7 nitrogen and oxygen atoms in total. The first-order valence-electron chi connectivity index (χ1n) is 9.77. The average molecular weight is 382 g/mol. The van der Waals surface area contributed by atoms with Crippen molar-refractivity contribution in [3.8, 4) is 5.69 Å². The molecule has 2 aliphatic heterocycles. The standard InChI is InChI=1S/C21H26N4O3/c1-16(26)23-10-6-21(7-11-23)13-19(20(27)28)24(15-21)14-17-4-2-5-18(12-17)25-9-3-8-22-25/h2-5,8-9,12,19H,6-7,10-11,13-15H2,1H3,(H,27,28)/t19-/m0/s1. The molecule has 0 bridgehead atoms. The first kappa shape index (κ1) is 18.7. The van der Waals surface area contributed by atoms with Crippen LogP contribution in [0.15, 0.2) is 42.7 Å². The normalized spacial score (nSPS) is 21.9. The van der Waals surface area contributed by atoms with Gasteiger partial charge >= 0.3 is 5.97 Å². The lowest BCUT2D eigenvalue weighted by atomic mass is 9.76. The highest BCUT2D eigenvalue weighted by Gasteiger charge is 2.48. The van der Waals surface area contributed by atoms with Crippen molar-refractivity contribution in [2.45, 2.75) is 38.8 Å². The maximum absolute atomic E-state index is 11.9. The van der Waals surface area contributed by atoms with Crippen LogP contribution in [0.25, 0.3) is 5.69 Å². The van der Waals surface area contributed by atoms with E-state index in [4.69, 9.17) is 0 Å². The van der Waals surface area contributed by atoms with E-state index in [9.17, 15) is 14.7 Å². The molecule has 0 unspecified atom stereocenters. The van der Waals surface area contributed by atoms with Gasteiger partial charge in [0.05, 0.1) is 5.69 Å². The second kappa shape index (κ2) is 7.39. The molecule has 3 heterocycles. The molecule has 2 aromatic rings. The Kier molecular flexibility index (Phi) is 4.93. The lowest BCUT2D eigenvalue weighted by Crippen LogP contribution is -2.43. The first-order valence-corrected chi connectivity index (χ1v) is 9.77. The molecular weight excluding hydrogens is 356 g/mol. The zero-order valence-electron chi connectivity index (χ0n) is 16.1. The summed E-state index contributed by atoms with van der Waals surface area (Å²) in [6.45, 7) is 4.42. The number of carboxylic acid groups (broad SMARTS) is 1. The molecule has 4 rings (SSSR count). The number of carbonyl (C=O) groups excluding carboxylic acids is 1. The number of piperidine rings is 1. The Balaban J connectivity index is 1.50. The van der Waals surface area contributed by atoms with Crippen molar-refractivity contribution < 1.29 is 14.7 Å². The third-order valence-electron chi connectivity index (χ3n) is 6.23. The van der Waals surface area contributed by atoms with Crippen LogP contribution in [0.3, 0.4) is 0 Å². The molecule has 1 N–H and O–H groups in total. The minimum atomic E-state index is -0.755. The van der Waals surface area contributed by atoms with Gasteiger partial charge in [-0.3, -0.25) is 14.5 Å². The van der Waals surface area contributed by atoms with E-state index in [-0.39, 0.29) is 11.3 Å². The number of aromatic nitrogens is 2. The highest BCUT2D eigenvalue weighted by atomic mass is 16.4. The van der Waals surface area contributed by atoms with Gasteiger partial charge in [0, 0.05) is 45.5 Å². The van der Waals surface area contributed by atoms with E-state index in [1.54, 1.807) is 17.8 Å². The van der Waals surface area contributed by atoms with Crippen LogP contribution in [-0.2, 0) is 16.1 Å². The number of carbonyl (C=O) groups is 2. The zero-order chi connectivity index (χ0) is 19.7. The lowest BCUT2D eigenvalue weighted by Gasteiger charge is -2.39. The molecule has 1 aromatic carbocycles. The molecule has 1 aromatic heterocycles. The topological polar surface area (TPSA) is 78.7 Å². The summed E-state index contributed by atoms with van der Waals surface area (Å²) in [6, 6.07) is 9.49. The van der Waals surface area contributed by atoms with Gasteiger partial charge in [0.1, 0.15) is 6.04 Å². The molecule has 2 aliphatic rings. The fourth-order valence-corrected chi connectivity index (χ4v) is 4.67. The van der Waals surface area contributed by atoms with E-state index < -0.39 is 12.0 Å². The summed E-state index contributed by atoms with van der Waals surface area (Å²) in [5.74, 6) is -0.649. The fraction of sp³-hybridized carbons (Fsp3) is 0.476. The average Bonchev–Trinajstić information content (AvgIpc) is 3.31. The van der Waals surface area contributed by atoms with Gasteiger partial charge in [-0.2, -0.15) is 5.10 Å². The summed E-state index contributed by atoms with van der Waals surface area (Å²) in [5.41, 5.74) is 2.05. The highest BCUT2D eigenvalue weighted by molar-refractivity contribution is 5.74. The summed E-state index contributed by atoms with van der Waals surface area (Å²) >= 11 is 0. The third kappa shape index (κ3) is 3.67. The molecule has 2 fully saturated rings. The Hall–Kier alpha value is -2.67. The molecule has 0 saturated carbocycles. The smallest absolute Gasteiger partial charge is 0.320 e. The molecule has 1 spiro atoms. The Morgan fingerprint density at radius 1 is 1.25 bits per heavy atom. The fourth-order valence-electron chi connectivity index (χ4n) is 4.67. The van der Waals surface area contributed by atoms with Gasteiger partial charge in [0.25, 0.3) is 0 Å². The molecule has 28 heavy (non-hydrogen) atoms. The van der Waals surface area contributed by atoms with Gasteiger partial charge < -0.3 is 10.0 Å². The molecule has 1 amide bonds. The number of carboxylic acids is 1. The van der Waals surface area contributed by atoms with Crippen molar-refractivity contribution in [2.24, 2.45) is 5.41 Å². The van der Waals surface area contributed by atoms with Gasteiger partial charge in [-0.1, -0.05) is 12.1 Å². The molecule has 0 radical (unpaired) electrons. The summed E-state index contributed by atoms with van der Waals surface area (Å²) in [6.07, 6.45) is 6.05. The third-order valence-corrected chi connectivity index (χ3v) is 6.23. The van der Waals surface area contributed by atoms with Crippen molar-refractivity contribution in [2.75, 3.05) is 19.6 Å². The second-order valence-corrected chi connectivity index (χ2v) is 8.09. The predicted octanol–water partition coefficient (Wildman–Crippen LogP) is 2.16. The number of amides is 1. The summed E-state index contributed by atoms with van der Waals surface area (Å²) in [5, 5.41) is 14.1. The number of benzene rings is 1. The molecule has 0 aliphatic carbocycles. The van der Waals surface area contributed by atoms with Crippen LogP contribution < -0.4 is 0 Å². The maximum atomic E-state index is 11.9. The number of hydrogen-bond donors (Lipinski definition) is 1. The number of aliphatic carboxylic acids is 1. The van der Waals surface area contributed by atoms with Crippen LogP contribution in [0.4, 0.5) is 0 Å². The summed E-state index contributed by atoms with van der Waals surface area (Å²) < 4.78 is 1.81. The van der Waals surface area contributed by atoms with Crippen LogP contribution in [-0.4, -0.2) is 62.2 Å². The van der Waals surface area contributed by atoms with Gasteiger partial charge in [0.2, 0.25) is 5.91 Å². The Labute approximate surface area is 164 Å². The zero-order valence-corrected chi connectivity index (χ0v) is 16.1. The van der Waals surface area contributed by atoms with Crippen molar-refractivity contribution >= 4 is 11.9 Å². The van der Waals surface area contributed by atoms with Crippen molar-refractivity contribution in [3.05, 3.63) is 48.3 Å².